The Bertz CT molecular complexity index is 357. The summed E-state index contributed by atoms with van der Waals surface area (Å²) in [6.07, 6.45) is 16.8. The van der Waals surface area contributed by atoms with Crippen LogP contribution >= 0.6 is 0 Å². The molecule has 3 atom stereocenters. The lowest BCUT2D eigenvalue weighted by Gasteiger charge is -2.32. The number of rotatable bonds is 25. The lowest BCUT2D eigenvalue weighted by molar-refractivity contribution is 0.218. The van der Waals surface area contributed by atoms with E-state index in [0.29, 0.717) is 4.28 Å². The lowest BCUT2D eigenvalue weighted by Crippen LogP contribution is -2.39. The molecule has 0 saturated carbocycles. The maximum absolute atomic E-state index is 6.59. The zero-order valence-corrected chi connectivity index (χ0v) is 28.1. The van der Waals surface area contributed by atoms with Gasteiger partial charge in [-0.2, -0.15) is 0 Å². The van der Waals surface area contributed by atoms with Crippen LogP contribution < -0.4 is 0 Å². The summed E-state index contributed by atoms with van der Waals surface area (Å²) in [5.41, 5.74) is 0. The molecule has 0 amide bonds. The molecule has 0 aliphatic heterocycles. The summed E-state index contributed by atoms with van der Waals surface area (Å²) in [6, 6.07) is 0. The summed E-state index contributed by atoms with van der Waals surface area (Å²) < 4.78 is 20.1. The van der Waals surface area contributed by atoms with Crippen LogP contribution in [0.4, 0.5) is 0 Å². The van der Waals surface area contributed by atoms with Crippen molar-refractivity contribution in [2.75, 3.05) is 19.8 Å². The molecule has 33 heavy (non-hydrogen) atoms. The first-order valence-electron chi connectivity index (χ1n) is 14.8. The zero-order chi connectivity index (χ0) is 24.8. The van der Waals surface area contributed by atoms with Gasteiger partial charge in [0.2, 0.25) is 0 Å². The van der Waals surface area contributed by atoms with Crippen molar-refractivity contribution in [3.05, 3.63) is 0 Å². The van der Waals surface area contributed by atoms with Crippen LogP contribution in [0, 0.1) is 17.8 Å². The van der Waals surface area contributed by atoms with Crippen molar-refractivity contribution in [3.8, 4) is 0 Å². The molecule has 0 fully saturated rings. The van der Waals surface area contributed by atoms with E-state index in [1.807, 2.05) is 0 Å². The van der Waals surface area contributed by atoms with Gasteiger partial charge >= 0.3 is 0 Å². The van der Waals surface area contributed by atoms with Gasteiger partial charge in [0.15, 0.2) is 29.3 Å². The average Bonchev–Trinajstić information content (AvgIpc) is 2.84. The second-order valence-electron chi connectivity index (χ2n) is 10.6. The fourth-order valence-corrected chi connectivity index (χ4v) is 11.3. The predicted octanol–water partition coefficient (Wildman–Crippen LogP) is 6.42. The van der Waals surface area contributed by atoms with Gasteiger partial charge in [-0.05, 0) is 37.0 Å². The Balaban J connectivity index is 4.92. The maximum Gasteiger partial charge on any atom is 0.165 e. The van der Waals surface area contributed by atoms with Crippen molar-refractivity contribution in [2.24, 2.45) is 17.8 Å². The van der Waals surface area contributed by atoms with Crippen molar-refractivity contribution in [3.63, 3.8) is 0 Å². The summed E-state index contributed by atoms with van der Waals surface area (Å²) in [5, 5.41) is 0. The molecule has 0 aliphatic carbocycles. The van der Waals surface area contributed by atoms with E-state index in [-0.39, 0.29) is 0 Å². The summed E-state index contributed by atoms with van der Waals surface area (Å²) in [5.74, 6) is 2.23. The Morgan fingerprint density at radius 1 is 0.515 bits per heavy atom. The van der Waals surface area contributed by atoms with Crippen molar-refractivity contribution in [2.45, 2.75) is 136 Å². The Morgan fingerprint density at radius 3 is 1.03 bits per heavy atom. The zero-order valence-electron chi connectivity index (χ0n) is 23.9. The van der Waals surface area contributed by atoms with E-state index in [9.17, 15) is 0 Å². The van der Waals surface area contributed by atoms with Crippen LogP contribution in [0.5, 0.6) is 0 Å². The molecule has 3 unspecified atom stereocenters. The largest absolute Gasteiger partial charge is 0.424 e. The van der Waals surface area contributed by atoms with Gasteiger partial charge in [-0.1, -0.05) is 113 Å². The minimum atomic E-state index is -0.618. The van der Waals surface area contributed by atoms with Gasteiger partial charge in [-0.15, -0.1) is 0 Å². The molecule has 0 rings (SSSR count). The first kappa shape index (κ1) is 33.5. The Morgan fingerprint density at radius 2 is 0.818 bits per heavy atom. The van der Waals surface area contributed by atoms with Crippen molar-refractivity contribution < 1.29 is 13.3 Å². The molecule has 0 aliphatic rings. The summed E-state index contributed by atoms with van der Waals surface area (Å²) in [6.45, 7) is 19.2. The van der Waals surface area contributed by atoms with E-state index in [1.165, 1.54) is 83.5 Å². The number of hydrogen-bond donors (Lipinski definition) is 0. The molecular weight excluding hydrogens is 457 g/mol. The fraction of sp³-hybridized carbons (Fsp3) is 1.00. The third-order valence-electron chi connectivity index (χ3n) is 7.67. The Kier molecular flexibility index (Phi) is 23.3. The van der Waals surface area contributed by atoms with Crippen LogP contribution in [-0.4, -0.2) is 49.1 Å². The molecule has 200 valence electrons. The molecule has 0 N–H and O–H groups in total. The highest BCUT2D eigenvalue weighted by atomic mass is 28.4. The summed E-state index contributed by atoms with van der Waals surface area (Å²) >= 11 is 0. The average molecular weight is 519 g/mol. The highest BCUT2D eigenvalue weighted by Crippen LogP contribution is 2.29. The third-order valence-corrected chi connectivity index (χ3v) is 16.0. The van der Waals surface area contributed by atoms with Crippen LogP contribution in [0.1, 0.15) is 132 Å². The van der Waals surface area contributed by atoms with Gasteiger partial charge in [-0.25, -0.2) is 0 Å². The standard InChI is InChI=1S/C27H62O3Si3/c1-8-15-18-24(11-4)21-28-31-27(14-7,32-29-22-25(12-5)19-16-9-2)33-30-23-26(13-6)20-17-10-3/h24-26H,8-23,31-33H2,1-7H3. The van der Waals surface area contributed by atoms with Crippen LogP contribution in [0.2, 0.25) is 4.28 Å². The van der Waals surface area contributed by atoms with Gasteiger partial charge in [0.25, 0.3) is 0 Å². The second-order valence-corrected chi connectivity index (χ2v) is 20.2. The van der Waals surface area contributed by atoms with Crippen LogP contribution in [0.25, 0.3) is 0 Å². The third kappa shape index (κ3) is 16.8. The molecule has 0 aromatic heterocycles. The molecular formula is C27H62O3Si3. The number of unbranched alkanes of at least 4 members (excludes halogenated alkanes) is 3. The highest BCUT2D eigenvalue weighted by Gasteiger charge is 2.33. The van der Waals surface area contributed by atoms with E-state index in [4.69, 9.17) is 13.3 Å². The van der Waals surface area contributed by atoms with E-state index in [1.54, 1.807) is 0 Å². The maximum atomic E-state index is 6.59. The van der Waals surface area contributed by atoms with E-state index in [2.05, 4.69) is 48.5 Å². The highest BCUT2D eigenvalue weighted by molar-refractivity contribution is 6.74. The van der Waals surface area contributed by atoms with Crippen LogP contribution in [0.15, 0.2) is 0 Å². The molecule has 3 nitrogen and oxygen atoms in total. The molecule has 0 radical (unpaired) electrons. The van der Waals surface area contributed by atoms with Crippen molar-refractivity contribution in [1.82, 2.24) is 0 Å². The smallest absolute Gasteiger partial charge is 0.165 e. The monoisotopic (exact) mass is 518 g/mol. The molecule has 0 aromatic rings. The Hall–Kier alpha value is 0.531. The molecule has 0 spiro atoms. The van der Waals surface area contributed by atoms with E-state index < -0.39 is 29.3 Å². The van der Waals surface area contributed by atoms with Crippen LogP contribution in [-0.2, 0) is 13.3 Å². The van der Waals surface area contributed by atoms with Gasteiger partial charge in [-0.3, -0.25) is 0 Å². The first-order chi connectivity index (χ1) is 16.0. The first-order valence-corrected chi connectivity index (χ1v) is 18.6. The molecule has 0 bridgehead atoms. The van der Waals surface area contributed by atoms with Gasteiger partial charge in [0.05, 0.1) is 0 Å². The second kappa shape index (κ2) is 23.0. The predicted molar refractivity (Wildman–Crippen MR) is 156 cm³/mol. The van der Waals surface area contributed by atoms with Gasteiger partial charge < -0.3 is 13.3 Å². The molecule has 6 heteroatoms. The van der Waals surface area contributed by atoms with Crippen LogP contribution in [0.3, 0.4) is 0 Å². The van der Waals surface area contributed by atoms with Gasteiger partial charge in [0.1, 0.15) is 0 Å². The quantitative estimate of drug-likeness (QED) is 0.130. The van der Waals surface area contributed by atoms with E-state index in [0.717, 1.165) is 37.6 Å². The summed E-state index contributed by atoms with van der Waals surface area (Å²) in [7, 11) is -1.85. The minimum Gasteiger partial charge on any atom is -0.424 e. The SMILES string of the molecule is CCCCC(CC)CO[SiH2]C(CC)([SiH2]OCC(CC)CCCC)[SiH2]OCC(CC)CCCC. The molecule has 0 heterocycles. The summed E-state index contributed by atoms with van der Waals surface area (Å²) in [4.78, 5) is 0. The van der Waals surface area contributed by atoms with Gasteiger partial charge in [0, 0.05) is 24.1 Å². The number of hydrogen-bond acceptors (Lipinski definition) is 3. The van der Waals surface area contributed by atoms with Crippen molar-refractivity contribution in [1.29, 1.82) is 0 Å². The lowest BCUT2D eigenvalue weighted by atomic mass is 10.0. The topological polar surface area (TPSA) is 27.7 Å². The molecule has 0 saturated heterocycles. The normalized spacial score (nSPS) is 17.5. The fourth-order valence-electron chi connectivity index (χ4n) is 4.45. The molecule has 0 aromatic carbocycles. The minimum absolute atomic E-state index is 0.384. The van der Waals surface area contributed by atoms with Crippen molar-refractivity contribution >= 4 is 29.3 Å². The Labute approximate surface area is 216 Å². The van der Waals surface area contributed by atoms with E-state index >= 15 is 0 Å².